The third-order valence-electron chi connectivity index (χ3n) is 3.58. The molecule has 2 aromatic carbocycles. The summed E-state index contributed by atoms with van der Waals surface area (Å²) in [6.45, 7) is 0. The molecule has 0 fully saturated rings. The van der Waals surface area contributed by atoms with Crippen molar-refractivity contribution in [2.24, 2.45) is 0 Å². The van der Waals surface area contributed by atoms with E-state index in [0.29, 0.717) is 32.2 Å². The number of thiazole rings is 1. The highest BCUT2D eigenvalue weighted by Crippen LogP contribution is 2.30. The van der Waals surface area contributed by atoms with Crippen LogP contribution in [0, 0.1) is 0 Å². The van der Waals surface area contributed by atoms with Crippen molar-refractivity contribution >= 4 is 56.5 Å². The maximum Gasteiger partial charge on any atom is 0.259 e. The second-order valence-electron chi connectivity index (χ2n) is 5.26. The number of nitrogens with one attached hydrogen (secondary N) is 1. The molecule has 4 nitrogen and oxygen atoms in total. The van der Waals surface area contributed by atoms with Crippen molar-refractivity contribution in [3.63, 3.8) is 0 Å². The van der Waals surface area contributed by atoms with E-state index in [1.54, 1.807) is 12.1 Å². The zero-order chi connectivity index (χ0) is 17.4. The van der Waals surface area contributed by atoms with E-state index in [0.717, 1.165) is 11.0 Å². The largest absolute Gasteiger partial charge is 0.454 e. The minimum Gasteiger partial charge on any atom is -0.454 e. The summed E-state index contributed by atoms with van der Waals surface area (Å²) in [7, 11) is 0. The fourth-order valence-electron chi connectivity index (χ4n) is 2.39. The lowest BCUT2D eigenvalue weighted by Gasteiger charge is -2.04. The third kappa shape index (κ3) is 3.26. The Morgan fingerprint density at radius 3 is 2.80 bits per heavy atom. The van der Waals surface area contributed by atoms with E-state index < -0.39 is 0 Å². The van der Waals surface area contributed by atoms with E-state index in [9.17, 15) is 4.79 Å². The summed E-state index contributed by atoms with van der Waals surface area (Å²) in [6.07, 6.45) is 0. The van der Waals surface area contributed by atoms with Crippen LogP contribution in [0.25, 0.3) is 22.4 Å². The molecule has 0 unspecified atom stereocenters. The zero-order valence-corrected chi connectivity index (χ0v) is 15.0. The number of nitrogens with zero attached hydrogens (tertiary/aromatic N) is 1. The zero-order valence-electron chi connectivity index (χ0n) is 12.6. The van der Waals surface area contributed by atoms with Crippen molar-refractivity contribution in [2.45, 2.75) is 0 Å². The van der Waals surface area contributed by atoms with Crippen molar-refractivity contribution in [3.8, 4) is 11.5 Å². The quantitative estimate of drug-likeness (QED) is 0.460. The first-order valence-corrected chi connectivity index (χ1v) is 8.94. The van der Waals surface area contributed by atoms with Crippen LogP contribution in [0.1, 0.15) is 10.4 Å². The first-order valence-electron chi connectivity index (χ1n) is 7.31. The predicted molar refractivity (Wildman–Crippen MR) is 102 cm³/mol. The number of para-hydroxylation sites is 1. The van der Waals surface area contributed by atoms with Crippen LogP contribution in [0.3, 0.4) is 0 Å². The predicted octanol–water partition coefficient (Wildman–Crippen LogP) is 6.12. The number of furan rings is 1. The standard InChI is InChI=1S/C18H10Cl2N2O2S/c19-11-5-6-13(20)12(8-11)17(23)22-18-21-14(9-25-18)16-7-10-3-1-2-4-15(10)24-16/h1-9H,(H,21,22,23). The number of hydrogen-bond acceptors (Lipinski definition) is 4. The van der Waals surface area contributed by atoms with E-state index in [1.165, 1.54) is 17.4 Å². The van der Waals surface area contributed by atoms with Gasteiger partial charge in [-0.1, -0.05) is 41.4 Å². The molecule has 0 aliphatic carbocycles. The van der Waals surface area contributed by atoms with Gasteiger partial charge in [0.15, 0.2) is 10.9 Å². The molecule has 124 valence electrons. The molecule has 2 heterocycles. The fourth-order valence-corrected chi connectivity index (χ4v) is 3.46. The summed E-state index contributed by atoms with van der Waals surface area (Å²) in [5, 5.41) is 6.79. The Balaban J connectivity index is 1.59. The Hall–Kier alpha value is -2.34. The van der Waals surface area contributed by atoms with Crippen LogP contribution in [0.2, 0.25) is 10.0 Å². The van der Waals surface area contributed by atoms with Crippen LogP contribution in [-0.4, -0.2) is 10.9 Å². The first-order chi connectivity index (χ1) is 12.1. The Kier molecular flexibility index (Phi) is 4.21. The lowest BCUT2D eigenvalue weighted by atomic mass is 10.2. The topological polar surface area (TPSA) is 55.1 Å². The summed E-state index contributed by atoms with van der Waals surface area (Å²) >= 11 is 13.3. The van der Waals surface area contributed by atoms with Gasteiger partial charge in [-0.3, -0.25) is 10.1 Å². The smallest absolute Gasteiger partial charge is 0.259 e. The average molecular weight is 389 g/mol. The van der Waals surface area contributed by atoms with Crippen molar-refractivity contribution in [2.75, 3.05) is 5.32 Å². The van der Waals surface area contributed by atoms with Crippen LogP contribution >= 0.6 is 34.5 Å². The first kappa shape index (κ1) is 16.1. The lowest BCUT2D eigenvalue weighted by molar-refractivity contribution is 0.102. The second kappa shape index (κ2) is 6.52. The van der Waals surface area contributed by atoms with Gasteiger partial charge in [0, 0.05) is 15.8 Å². The minimum absolute atomic E-state index is 0.301. The number of rotatable bonds is 3. The van der Waals surface area contributed by atoms with Gasteiger partial charge in [-0.2, -0.15) is 0 Å². The van der Waals surface area contributed by atoms with Crippen LogP contribution in [0.5, 0.6) is 0 Å². The molecule has 0 radical (unpaired) electrons. The number of fused-ring (bicyclic) bond motifs is 1. The van der Waals surface area contributed by atoms with Crippen LogP contribution in [0.15, 0.2) is 58.3 Å². The summed E-state index contributed by atoms with van der Waals surface area (Å²) in [5.41, 5.74) is 1.75. The molecule has 2 aromatic heterocycles. The highest BCUT2D eigenvalue weighted by Gasteiger charge is 2.15. The average Bonchev–Trinajstić information content (AvgIpc) is 3.23. The van der Waals surface area contributed by atoms with Gasteiger partial charge in [0.1, 0.15) is 11.3 Å². The molecular weight excluding hydrogens is 379 g/mol. The molecule has 0 spiro atoms. The molecule has 1 amide bonds. The van der Waals surface area contributed by atoms with Gasteiger partial charge < -0.3 is 4.42 Å². The molecule has 0 bridgehead atoms. The molecule has 1 N–H and O–H groups in total. The summed E-state index contributed by atoms with van der Waals surface area (Å²) < 4.78 is 5.78. The number of carbonyl (C=O) groups excluding carboxylic acids is 1. The molecule has 4 aromatic rings. The molecule has 0 aliphatic rings. The summed E-state index contributed by atoms with van der Waals surface area (Å²) in [4.78, 5) is 16.8. The molecule has 4 rings (SSSR count). The van der Waals surface area contributed by atoms with Crippen molar-refractivity contribution in [3.05, 3.63) is 69.5 Å². The number of aromatic nitrogens is 1. The van der Waals surface area contributed by atoms with Crippen molar-refractivity contribution < 1.29 is 9.21 Å². The number of halogens is 2. The lowest BCUT2D eigenvalue weighted by Crippen LogP contribution is -2.12. The van der Waals surface area contributed by atoms with E-state index in [4.69, 9.17) is 27.6 Å². The van der Waals surface area contributed by atoms with E-state index in [2.05, 4.69) is 10.3 Å². The number of carbonyl (C=O) groups is 1. The van der Waals surface area contributed by atoms with Gasteiger partial charge in [0.05, 0.1) is 10.6 Å². The van der Waals surface area contributed by atoms with Crippen LogP contribution in [-0.2, 0) is 0 Å². The Morgan fingerprint density at radius 2 is 1.96 bits per heavy atom. The SMILES string of the molecule is O=C(Nc1nc(-c2cc3ccccc3o2)cs1)c1cc(Cl)ccc1Cl. The van der Waals surface area contributed by atoms with Gasteiger partial charge in [-0.05, 0) is 30.3 Å². The monoisotopic (exact) mass is 388 g/mol. The number of hydrogen-bond donors (Lipinski definition) is 1. The molecular formula is C18H10Cl2N2O2S. The Morgan fingerprint density at radius 1 is 1.12 bits per heavy atom. The summed E-state index contributed by atoms with van der Waals surface area (Å²) in [6, 6.07) is 14.4. The maximum absolute atomic E-state index is 12.4. The molecule has 0 aliphatic heterocycles. The molecule has 0 saturated carbocycles. The normalized spacial score (nSPS) is 11.0. The second-order valence-corrected chi connectivity index (χ2v) is 6.97. The molecule has 7 heteroatoms. The third-order valence-corrected chi connectivity index (χ3v) is 4.90. The number of amides is 1. The highest BCUT2D eigenvalue weighted by molar-refractivity contribution is 7.14. The number of anilines is 1. The van der Waals surface area contributed by atoms with E-state index in [1.807, 2.05) is 35.7 Å². The van der Waals surface area contributed by atoms with Crippen molar-refractivity contribution in [1.29, 1.82) is 0 Å². The van der Waals surface area contributed by atoms with Crippen LogP contribution < -0.4 is 5.32 Å². The number of benzene rings is 2. The molecule has 0 atom stereocenters. The maximum atomic E-state index is 12.4. The fraction of sp³-hybridized carbons (Fsp3) is 0. The van der Waals surface area contributed by atoms with Crippen molar-refractivity contribution in [1.82, 2.24) is 4.98 Å². The van der Waals surface area contributed by atoms with Gasteiger partial charge in [-0.15, -0.1) is 11.3 Å². The van der Waals surface area contributed by atoms with Crippen LogP contribution in [0.4, 0.5) is 5.13 Å². The van der Waals surface area contributed by atoms with E-state index in [-0.39, 0.29) is 5.91 Å². The Labute approximate surface area is 157 Å². The Bertz CT molecular complexity index is 1050. The van der Waals surface area contributed by atoms with Gasteiger partial charge >= 0.3 is 0 Å². The molecule has 0 saturated heterocycles. The van der Waals surface area contributed by atoms with E-state index >= 15 is 0 Å². The summed E-state index contributed by atoms with van der Waals surface area (Å²) in [5.74, 6) is 0.289. The molecule has 25 heavy (non-hydrogen) atoms. The van der Waals surface area contributed by atoms with Gasteiger partial charge in [0.25, 0.3) is 5.91 Å². The minimum atomic E-state index is -0.363. The van der Waals surface area contributed by atoms with Gasteiger partial charge in [0.2, 0.25) is 0 Å². The highest BCUT2D eigenvalue weighted by atomic mass is 35.5. The van der Waals surface area contributed by atoms with Gasteiger partial charge in [-0.25, -0.2) is 4.98 Å².